The molecule has 5 heteroatoms. The average molecular weight is 343 g/mol. The molecule has 3 nitrogen and oxygen atoms in total. The number of hydrogen-bond donors (Lipinski definition) is 1. The first kappa shape index (κ1) is 15.6. The quantitative estimate of drug-likeness (QED) is 0.653. The number of thiophene rings is 1. The summed E-state index contributed by atoms with van der Waals surface area (Å²) >= 11 is 7.58. The van der Waals surface area contributed by atoms with Gasteiger partial charge >= 0.3 is 6.03 Å². The molecule has 0 atom stereocenters. The Hall–Kier alpha value is -2.30. The van der Waals surface area contributed by atoms with Gasteiger partial charge in [-0.25, -0.2) is 4.79 Å². The van der Waals surface area contributed by atoms with Crippen molar-refractivity contribution in [2.24, 2.45) is 0 Å². The molecular formula is C18H15ClN2OS. The van der Waals surface area contributed by atoms with Gasteiger partial charge in [-0.2, -0.15) is 0 Å². The van der Waals surface area contributed by atoms with E-state index in [2.05, 4.69) is 5.32 Å². The highest BCUT2D eigenvalue weighted by Gasteiger charge is 2.17. The van der Waals surface area contributed by atoms with Gasteiger partial charge in [0.05, 0.1) is 6.54 Å². The second-order valence-electron chi connectivity index (χ2n) is 4.94. The molecule has 1 aromatic heterocycles. The number of anilines is 2. The van der Waals surface area contributed by atoms with Crippen LogP contribution in [-0.4, -0.2) is 6.03 Å². The maximum Gasteiger partial charge on any atom is 0.326 e. The van der Waals surface area contributed by atoms with Gasteiger partial charge in [0.2, 0.25) is 0 Å². The highest BCUT2D eigenvalue weighted by atomic mass is 35.5. The fourth-order valence-corrected chi connectivity index (χ4v) is 2.99. The van der Waals surface area contributed by atoms with Crippen LogP contribution in [0.1, 0.15) is 4.88 Å². The summed E-state index contributed by atoms with van der Waals surface area (Å²) in [4.78, 5) is 15.5. The standard InChI is InChI=1S/C18H15ClN2OS/c19-14-8-10-16(11-9-14)21(13-17-7-4-12-23-17)18(22)20-15-5-2-1-3-6-15/h1-12H,13H2,(H,20,22). The summed E-state index contributed by atoms with van der Waals surface area (Å²) in [5, 5.41) is 5.58. The van der Waals surface area contributed by atoms with Crippen molar-refractivity contribution in [3.63, 3.8) is 0 Å². The van der Waals surface area contributed by atoms with Gasteiger partial charge in [0.25, 0.3) is 0 Å². The maximum absolute atomic E-state index is 12.7. The van der Waals surface area contributed by atoms with Crippen LogP contribution in [0.25, 0.3) is 0 Å². The second kappa shape index (κ2) is 7.31. The molecule has 0 saturated heterocycles. The zero-order valence-electron chi connectivity index (χ0n) is 12.3. The van der Waals surface area contributed by atoms with E-state index in [9.17, 15) is 4.79 Å². The highest BCUT2D eigenvalue weighted by molar-refractivity contribution is 7.09. The third-order valence-corrected chi connectivity index (χ3v) is 4.42. The minimum atomic E-state index is -0.174. The van der Waals surface area contributed by atoms with Crippen LogP contribution < -0.4 is 10.2 Å². The van der Waals surface area contributed by atoms with Crippen molar-refractivity contribution >= 4 is 40.3 Å². The van der Waals surface area contributed by atoms with E-state index in [1.165, 1.54) is 0 Å². The van der Waals surface area contributed by atoms with Gasteiger partial charge in [-0.1, -0.05) is 35.9 Å². The summed E-state index contributed by atoms with van der Waals surface area (Å²) < 4.78 is 0. The lowest BCUT2D eigenvalue weighted by Crippen LogP contribution is -2.34. The Morgan fingerprint density at radius 1 is 1.00 bits per heavy atom. The molecule has 0 bridgehead atoms. The van der Waals surface area contributed by atoms with Gasteiger partial charge in [-0.15, -0.1) is 11.3 Å². The molecule has 0 aliphatic heterocycles. The molecule has 0 aliphatic rings. The number of carbonyl (C=O) groups is 1. The van der Waals surface area contributed by atoms with E-state index < -0.39 is 0 Å². The van der Waals surface area contributed by atoms with E-state index in [-0.39, 0.29) is 6.03 Å². The van der Waals surface area contributed by atoms with Gasteiger partial charge in [-0.05, 0) is 47.8 Å². The van der Waals surface area contributed by atoms with Crippen molar-refractivity contribution in [3.05, 3.63) is 82.0 Å². The highest BCUT2D eigenvalue weighted by Crippen LogP contribution is 2.23. The molecule has 1 heterocycles. The molecule has 0 spiro atoms. The van der Waals surface area contributed by atoms with E-state index in [4.69, 9.17) is 11.6 Å². The molecule has 2 aromatic carbocycles. The first-order chi connectivity index (χ1) is 11.2. The van der Waals surface area contributed by atoms with Crippen molar-refractivity contribution in [1.29, 1.82) is 0 Å². The normalized spacial score (nSPS) is 10.3. The van der Waals surface area contributed by atoms with E-state index >= 15 is 0 Å². The molecule has 23 heavy (non-hydrogen) atoms. The van der Waals surface area contributed by atoms with Gasteiger partial charge in [0.1, 0.15) is 0 Å². The zero-order valence-corrected chi connectivity index (χ0v) is 13.8. The Morgan fingerprint density at radius 3 is 2.39 bits per heavy atom. The third-order valence-electron chi connectivity index (χ3n) is 3.30. The fraction of sp³-hybridized carbons (Fsp3) is 0.0556. The van der Waals surface area contributed by atoms with E-state index in [1.807, 2.05) is 60.0 Å². The van der Waals surface area contributed by atoms with Crippen LogP contribution in [0, 0.1) is 0 Å². The number of carbonyl (C=O) groups excluding carboxylic acids is 1. The van der Waals surface area contributed by atoms with Crippen LogP contribution >= 0.6 is 22.9 Å². The summed E-state index contributed by atoms with van der Waals surface area (Å²) in [6, 6.07) is 20.5. The minimum absolute atomic E-state index is 0.174. The number of urea groups is 1. The number of amides is 2. The fourth-order valence-electron chi connectivity index (χ4n) is 2.17. The Labute approximate surface area is 144 Å². The largest absolute Gasteiger partial charge is 0.326 e. The van der Waals surface area contributed by atoms with Crippen LogP contribution in [0.2, 0.25) is 5.02 Å². The number of nitrogens with one attached hydrogen (secondary N) is 1. The Morgan fingerprint density at radius 2 is 1.74 bits per heavy atom. The molecule has 0 unspecified atom stereocenters. The first-order valence-electron chi connectivity index (χ1n) is 7.14. The Balaban J connectivity index is 1.84. The molecule has 3 aromatic rings. The van der Waals surface area contributed by atoms with Crippen LogP contribution in [0.4, 0.5) is 16.2 Å². The monoisotopic (exact) mass is 342 g/mol. The van der Waals surface area contributed by atoms with Crippen molar-refractivity contribution in [2.75, 3.05) is 10.2 Å². The Kier molecular flexibility index (Phi) is 4.95. The summed E-state index contributed by atoms with van der Waals surface area (Å²) in [7, 11) is 0. The predicted molar refractivity (Wildman–Crippen MR) is 97.4 cm³/mol. The van der Waals surface area contributed by atoms with Crippen molar-refractivity contribution in [1.82, 2.24) is 0 Å². The number of para-hydroxylation sites is 1. The first-order valence-corrected chi connectivity index (χ1v) is 8.39. The lowest BCUT2D eigenvalue weighted by molar-refractivity contribution is 0.256. The summed E-state index contributed by atoms with van der Waals surface area (Å²) in [6.45, 7) is 0.512. The van der Waals surface area contributed by atoms with Crippen molar-refractivity contribution < 1.29 is 4.79 Å². The van der Waals surface area contributed by atoms with Crippen LogP contribution in [0.5, 0.6) is 0 Å². The topological polar surface area (TPSA) is 32.3 Å². The summed E-state index contributed by atoms with van der Waals surface area (Å²) in [5.74, 6) is 0. The summed E-state index contributed by atoms with van der Waals surface area (Å²) in [6.07, 6.45) is 0. The number of hydrogen-bond acceptors (Lipinski definition) is 2. The molecule has 0 fully saturated rings. The Bertz CT molecular complexity index is 757. The molecular weight excluding hydrogens is 328 g/mol. The second-order valence-corrected chi connectivity index (χ2v) is 6.41. The van der Waals surface area contributed by atoms with Gasteiger partial charge < -0.3 is 5.32 Å². The number of benzene rings is 2. The molecule has 1 N–H and O–H groups in total. The lowest BCUT2D eigenvalue weighted by Gasteiger charge is -2.23. The van der Waals surface area contributed by atoms with Crippen molar-refractivity contribution in [2.45, 2.75) is 6.54 Å². The molecule has 0 saturated carbocycles. The van der Waals surface area contributed by atoms with Gasteiger partial charge in [-0.3, -0.25) is 4.90 Å². The maximum atomic E-state index is 12.7. The molecule has 116 valence electrons. The lowest BCUT2D eigenvalue weighted by atomic mass is 10.2. The number of halogens is 1. The molecule has 0 aliphatic carbocycles. The SMILES string of the molecule is O=C(Nc1ccccc1)N(Cc1cccs1)c1ccc(Cl)cc1. The van der Waals surface area contributed by atoms with Crippen molar-refractivity contribution in [3.8, 4) is 0 Å². The average Bonchev–Trinajstić information content (AvgIpc) is 3.08. The van der Waals surface area contributed by atoms with Gasteiger partial charge in [0, 0.05) is 21.3 Å². The van der Waals surface area contributed by atoms with E-state index in [1.54, 1.807) is 28.4 Å². The predicted octanol–water partition coefficient (Wildman–Crippen LogP) is 5.64. The molecule has 0 radical (unpaired) electrons. The summed E-state index contributed by atoms with van der Waals surface area (Å²) in [5.41, 5.74) is 1.57. The van der Waals surface area contributed by atoms with Crippen LogP contribution in [0.15, 0.2) is 72.1 Å². The zero-order chi connectivity index (χ0) is 16.1. The van der Waals surface area contributed by atoms with Crippen LogP contribution in [-0.2, 0) is 6.54 Å². The molecule has 3 rings (SSSR count). The smallest absolute Gasteiger partial charge is 0.308 e. The number of nitrogens with zero attached hydrogens (tertiary/aromatic N) is 1. The van der Waals surface area contributed by atoms with E-state index in [0.29, 0.717) is 11.6 Å². The van der Waals surface area contributed by atoms with Gasteiger partial charge in [0.15, 0.2) is 0 Å². The molecule has 2 amide bonds. The number of rotatable bonds is 4. The third kappa shape index (κ3) is 4.12. The van der Waals surface area contributed by atoms with E-state index in [0.717, 1.165) is 16.3 Å². The van der Waals surface area contributed by atoms with Crippen LogP contribution in [0.3, 0.4) is 0 Å². The minimum Gasteiger partial charge on any atom is -0.308 e.